The molecule has 2 aromatic carbocycles. The molecule has 0 aliphatic carbocycles. The molecule has 7 heteroatoms. The number of carbonyl (C=O) groups excluding carboxylic acids is 1. The van der Waals surface area contributed by atoms with Crippen LogP contribution in [-0.4, -0.2) is 26.4 Å². The molecule has 0 unspecified atom stereocenters. The maximum atomic E-state index is 12.3. The Balaban J connectivity index is 1.64. The number of ether oxygens (including phenoxy) is 1. The lowest BCUT2D eigenvalue weighted by Gasteiger charge is -2.11. The number of benzene rings is 2. The van der Waals surface area contributed by atoms with E-state index < -0.39 is 0 Å². The quantitative estimate of drug-likeness (QED) is 0.400. The SMILES string of the molecule is C=CCn1c(COc2cc(C)ccc2C)nnc1SCC(=O)Nc1cccc(C)c1. The molecule has 0 bridgehead atoms. The number of amides is 1. The highest BCUT2D eigenvalue weighted by atomic mass is 32.2. The second-order valence-corrected chi connectivity index (χ2v) is 8.00. The van der Waals surface area contributed by atoms with Crippen LogP contribution in [0.4, 0.5) is 5.69 Å². The molecule has 0 aliphatic rings. The highest BCUT2D eigenvalue weighted by Crippen LogP contribution is 2.22. The number of hydrogen-bond acceptors (Lipinski definition) is 5. The van der Waals surface area contributed by atoms with Gasteiger partial charge < -0.3 is 10.1 Å². The lowest BCUT2D eigenvalue weighted by molar-refractivity contribution is -0.113. The Hall–Kier alpha value is -3.06. The Morgan fingerprint density at radius 2 is 1.97 bits per heavy atom. The van der Waals surface area contributed by atoms with Gasteiger partial charge in [-0.15, -0.1) is 16.8 Å². The number of anilines is 1. The molecule has 1 aromatic heterocycles. The molecular formula is C23H26N4O2S. The smallest absolute Gasteiger partial charge is 0.234 e. The number of rotatable bonds is 9. The van der Waals surface area contributed by atoms with Crippen LogP contribution in [0.25, 0.3) is 0 Å². The molecule has 1 amide bonds. The number of aryl methyl sites for hydroxylation is 3. The monoisotopic (exact) mass is 422 g/mol. The van der Waals surface area contributed by atoms with Gasteiger partial charge in [0.25, 0.3) is 0 Å². The van der Waals surface area contributed by atoms with Crippen LogP contribution >= 0.6 is 11.8 Å². The summed E-state index contributed by atoms with van der Waals surface area (Å²) >= 11 is 1.34. The van der Waals surface area contributed by atoms with Crippen molar-refractivity contribution in [1.29, 1.82) is 0 Å². The van der Waals surface area contributed by atoms with Crippen molar-refractivity contribution in [3.8, 4) is 5.75 Å². The van der Waals surface area contributed by atoms with Crippen molar-refractivity contribution < 1.29 is 9.53 Å². The van der Waals surface area contributed by atoms with Gasteiger partial charge in [0.1, 0.15) is 12.4 Å². The van der Waals surface area contributed by atoms with Crippen molar-refractivity contribution in [2.45, 2.75) is 39.1 Å². The maximum Gasteiger partial charge on any atom is 0.234 e. The highest BCUT2D eigenvalue weighted by molar-refractivity contribution is 7.99. The fourth-order valence-electron chi connectivity index (χ4n) is 2.90. The van der Waals surface area contributed by atoms with Gasteiger partial charge in [-0.05, 0) is 55.7 Å². The number of thioether (sulfide) groups is 1. The molecule has 3 aromatic rings. The Labute approximate surface area is 181 Å². The number of nitrogens with zero attached hydrogens (tertiary/aromatic N) is 3. The Morgan fingerprint density at radius 3 is 2.73 bits per heavy atom. The van der Waals surface area contributed by atoms with E-state index in [1.807, 2.05) is 61.7 Å². The number of nitrogens with one attached hydrogen (secondary N) is 1. The summed E-state index contributed by atoms with van der Waals surface area (Å²) in [6.45, 7) is 10.7. The first-order valence-electron chi connectivity index (χ1n) is 9.68. The van der Waals surface area contributed by atoms with Gasteiger partial charge in [0.05, 0.1) is 5.75 Å². The molecule has 0 saturated carbocycles. The minimum atomic E-state index is -0.0908. The summed E-state index contributed by atoms with van der Waals surface area (Å²) in [7, 11) is 0. The molecule has 1 N–H and O–H groups in total. The maximum absolute atomic E-state index is 12.3. The van der Waals surface area contributed by atoms with E-state index in [1.165, 1.54) is 11.8 Å². The van der Waals surface area contributed by atoms with E-state index in [0.29, 0.717) is 24.1 Å². The van der Waals surface area contributed by atoms with Crippen LogP contribution in [0.5, 0.6) is 5.75 Å². The lowest BCUT2D eigenvalue weighted by Crippen LogP contribution is -2.15. The third kappa shape index (κ3) is 5.73. The standard InChI is InChI=1S/C23H26N4O2S/c1-5-11-27-21(14-29-20-13-17(3)9-10-18(20)4)25-26-23(27)30-15-22(28)24-19-8-6-7-16(2)12-19/h5-10,12-13H,1,11,14-15H2,2-4H3,(H,24,28). The van der Waals surface area contributed by atoms with Crippen LogP contribution in [0.15, 0.2) is 60.3 Å². The minimum absolute atomic E-state index is 0.0908. The third-order valence-electron chi connectivity index (χ3n) is 4.44. The second kappa shape index (κ2) is 10.1. The average Bonchev–Trinajstić information content (AvgIpc) is 3.09. The van der Waals surface area contributed by atoms with Crippen LogP contribution in [0.3, 0.4) is 0 Å². The summed E-state index contributed by atoms with van der Waals surface area (Å²) in [4.78, 5) is 12.3. The largest absolute Gasteiger partial charge is 0.485 e. The van der Waals surface area contributed by atoms with E-state index in [-0.39, 0.29) is 11.7 Å². The zero-order valence-electron chi connectivity index (χ0n) is 17.5. The van der Waals surface area contributed by atoms with Crippen LogP contribution in [0.1, 0.15) is 22.5 Å². The Morgan fingerprint density at radius 1 is 1.17 bits per heavy atom. The molecule has 0 fully saturated rings. The number of carbonyl (C=O) groups is 1. The van der Waals surface area contributed by atoms with Gasteiger partial charge >= 0.3 is 0 Å². The zero-order chi connectivity index (χ0) is 21.5. The van der Waals surface area contributed by atoms with E-state index in [0.717, 1.165) is 28.1 Å². The molecule has 0 atom stereocenters. The van der Waals surface area contributed by atoms with Crippen molar-refractivity contribution in [2.24, 2.45) is 0 Å². The average molecular weight is 423 g/mol. The van der Waals surface area contributed by atoms with E-state index in [1.54, 1.807) is 6.08 Å². The second-order valence-electron chi connectivity index (χ2n) is 7.06. The number of aromatic nitrogens is 3. The molecule has 6 nitrogen and oxygen atoms in total. The summed E-state index contributed by atoms with van der Waals surface area (Å²) in [5.41, 5.74) is 4.09. The molecule has 1 heterocycles. The molecule has 3 rings (SSSR count). The summed E-state index contributed by atoms with van der Waals surface area (Å²) < 4.78 is 7.89. The van der Waals surface area contributed by atoms with Gasteiger partial charge in [0.15, 0.2) is 11.0 Å². The van der Waals surface area contributed by atoms with Crippen molar-refractivity contribution in [3.63, 3.8) is 0 Å². The zero-order valence-corrected chi connectivity index (χ0v) is 18.3. The fraction of sp³-hybridized carbons (Fsp3) is 0.261. The summed E-state index contributed by atoms with van der Waals surface area (Å²) in [6.07, 6.45) is 1.78. The predicted octanol–water partition coefficient (Wildman–Crippen LogP) is 4.70. The van der Waals surface area contributed by atoms with E-state index >= 15 is 0 Å². The number of allylic oxidation sites excluding steroid dienone is 1. The Kier molecular flexibility index (Phi) is 7.30. The Bertz CT molecular complexity index is 1050. The van der Waals surface area contributed by atoms with E-state index in [4.69, 9.17) is 4.74 Å². The molecule has 0 spiro atoms. The van der Waals surface area contributed by atoms with E-state index in [2.05, 4.69) is 28.2 Å². The lowest BCUT2D eigenvalue weighted by atomic mass is 10.1. The topological polar surface area (TPSA) is 69.0 Å². The fourth-order valence-corrected chi connectivity index (χ4v) is 3.67. The minimum Gasteiger partial charge on any atom is -0.485 e. The highest BCUT2D eigenvalue weighted by Gasteiger charge is 2.15. The molecule has 30 heavy (non-hydrogen) atoms. The normalized spacial score (nSPS) is 10.6. The van der Waals surface area contributed by atoms with E-state index in [9.17, 15) is 4.79 Å². The predicted molar refractivity (Wildman–Crippen MR) is 121 cm³/mol. The molecule has 0 radical (unpaired) electrons. The number of hydrogen-bond donors (Lipinski definition) is 1. The first-order chi connectivity index (χ1) is 14.5. The van der Waals surface area contributed by atoms with Crippen LogP contribution in [0, 0.1) is 20.8 Å². The van der Waals surface area contributed by atoms with Crippen molar-refractivity contribution in [3.05, 3.63) is 77.6 Å². The third-order valence-corrected chi connectivity index (χ3v) is 5.41. The van der Waals surface area contributed by atoms with Crippen molar-refractivity contribution in [1.82, 2.24) is 14.8 Å². The van der Waals surface area contributed by atoms with Gasteiger partial charge in [-0.25, -0.2) is 0 Å². The van der Waals surface area contributed by atoms with Crippen LogP contribution in [0.2, 0.25) is 0 Å². The molecule has 0 saturated heterocycles. The van der Waals surface area contributed by atoms with Crippen molar-refractivity contribution >= 4 is 23.4 Å². The first kappa shape index (κ1) is 21.6. The van der Waals surface area contributed by atoms with Gasteiger partial charge in [-0.3, -0.25) is 9.36 Å². The van der Waals surface area contributed by atoms with Crippen LogP contribution in [-0.2, 0) is 17.9 Å². The van der Waals surface area contributed by atoms with Gasteiger partial charge in [-0.1, -0.05) is 42.1 Å². The molecule has 156 valence electrons. The summed E-state index contributed by atoms with van der Waals surface area (Å²) in [5, 5.41) is 12.1. The summed E-state index contributed by atoms with van der Waals surface area (Å²) in [5.74, 6) is 1.67. The van der Waals surface area contributed by atoms with Crippen LogP contribution < -0.4 is 10.1 Å². The molecule has 0 aliphatic heterocycles. The molecular weight excluding hydrogens is 396 g/mol. The van der Waals surface area contributed by atoms with Gasteiger partial charge in [-0.2, -0.15) is 0 Å². The summed E-state index contributed by atoms with van der Waals surface area (Å²) in [6, 6.07) is 13.8. The van der Waals surface area contributed by atoms with Crippen molar-refractivity contribution in [2.75, 3.05) is 11.1 Å². The first-order valence-corrected chi connectivity index (χ1v) is 10.7. The van der Waals surface area contributed by atoms with Gasteiger partial charge in [0.2, 0.25) is 5.91 Å². The van der Waals surface area contributed by atoms with Gasteiger partial charge in [0, 0.05) is 12.2 Å².